The van der Waals surface area contributed by atoms with Gasteiger partial charge in [0.1, 0.15) is 23.7 Å². The zero-order chi connectivity index (χ0) is 18.5. The third-order valence-electron chi connectivity index (χ3n) is 4.59. The van der Waals surface area contributed by atoms with Gasteiger partial charge in [-0.3, -0.25) is 4.90 Å². The first-order valence-electron chi connectivity index (χ1n) is 9.03. The van der Waals surface area contributed by atoms with Crippen molar-refractivity contribution in [1.82, 2.24) is 14.9 Å². The summed E-state index contributed by atoms with van der Waals surface area (Å²) in [4.78, 5) is 13.2. The summed E-state index contributed by atoms with van der Waals surface area (Å²) in [5.74, 6) is 1.33. The molecular formula is C21H21FN4O. The van der Waals surface area contributed by atoms with E-state index in [4.69, 9.17) is 4.74 Å². The molecule has 1 aromatic heterocycles. The monoisotopic (exact) mass is 364 g/mol. The van der Waals surface area contributed by atoms with Gasteiger partial charge in [-0.25, -0.2) is 14.4 Å². The van der Waals surface area contributed by atoms with Crippen molar-refractivity contribution in [2.75, 3.05) is 31.1 Å². The van der Waals surface area contributed by atoms with Crippen LogP contribution in [0.4, 0.5) is 10.2 Å². The highest BCUT2D eigenvalue weighted by Crippen LogP contribution is 2.23. The first kappa shape index (κ1) is 17.4. The van der Waals surface area contributed by atoms with Gasteiger partial charge in [-0.2, -0.15) is 0 Å². The quantitative estimate of drug-likeness (QED) is 0.690. The molecule has 1 aliphatic heterocycles. The van der Waals surface area contributed by atoms with E-state index in [0.29, 0.717) is 11.6 Å². The summed E-state index contributed by atoms with van der Waals surface area (Å²) in [5.41, 5.74) is 1.33. The molecule has 4 rings (SSSR count). The molecule has 5 nitrogen and oxygen atoms in total. The van der Waals surface area contributed by atoms with Gasteiger partial charge in [0, 0.05) is 44.9 Å². The second-order valence-corrected chi connectivity index (χ2v) is 6.52. The summed E-state index contributed by atoms with van der Waals surface area (Å²) >= 11 is 0. The Morgan fingerprint density at radius 1 is 0.889 bits per heavy atom. The normalized spacial score (nSPS) is 14.9. The van der Waals surface area contributed by atoms with Crippen molar-refractivity contribution in [2.45, 2.75) is 6.54 Å². The number of nitrogens with zero attached hydrogens (tertiary/aromatic N) is 4. The minimum absolute atomic E-state index is 0.337. The van der Waals surface area contributed by atoms with Crippen molar-refractivity contribution in [2.24, 2.45) is 0 Å². The van der Waals surface area contributed by atoms with E-state index in [1.165, 1.54) is 24.0 Å². The van der Waals surface area contributed by atoms with E-state index < -0.39 is 0 Å². The number of hydrogen-bond donors (Lipinski definition) is 0. The van der Waals surface area contributed by atoms with Gasteiger partial charge in [-0.15, -0.1) is 0 Å². The minimum Gasteiger partial charge on any atom is -0.439 e. The first-order chi connectivity index (χ1) is 13.3. The fraction of sp³-hybridized carbons (Fsp3) is 0.238. The number of benzene rings is 2. The van der Waals surface area contributed by atoms with Crippen LogP contribution in [-0.2, 0) is 6.54 Å². The molecule has 0 spiro atoms. The van der Waals surface area contributed by atoms with Crippen LogP contribution in [0, 0.1) is 5.82 Å². The van der Waals surface area contributed by atoms with Crippen LogP contribution in [0.5, 0.6) is 11.6 Å². The third-order valence-corrected chi connectivity index (χ3v) is 4.59. The summed E-state index contributed by atoms with van der Waals surface area (Å²) in [7, 11) is 0. The lowest BCUT2D eigenvalue weighted by atomic mass is 10.2. The molecule has 0 bridgehead atoms. The van der Waals surface area contributed by atoms with Gasteiger partial charge in [-0.1, -0.05) is 36.4 Å². The maximum Gasteiger partial charge on any atom is 0.224 e. The van der Waals surface area contributed by atoms with Gasteiger partial charge in [0.15, 0.2) is 0 Å². The summed E-state index contributed by atoms with van der Waals surface area (Å²) < 4.78 is 19.0. The predicted molar refractivity (Wildman–Crippen MR) is 102 cm³/mol. The van der Waals surface area contributed by atoms with Crippen molar-refractivity contribution < 1.29 is 9.13 Å². The highest BCUT2D eigenvalue weighted by Gasteiger charge is 2.18. The SMILES string of the molecule is Fc1cccc(Oc2cc(N3CCN(Cc4ccccc4)CC3)ncn2)c1. The Bertz CT molecular complexity index is 882. The van der Waals surface area contributed by atoms with Gasteiger partial charge in [0.25, 0.3) is 0 Å². The van der Waals surface area contributed by atoms with Crippen molar-refractivity contribution in [3.05, 3.63) is 78.4 Å². The number of hydrogen-bond acceptors (Lipinski definition) is 5. The summed E-state index contributed by atoms with van der Waals surface area (Å²) in [6.45, 7) is 4.69. The van der Waals surface area contributed by atoms with Crippen molar-refractivity contribution in [1.29, 1.82) is 0 Å². The van der Waals surface area contributed by atoms with Crippen molar-refractivity contribution in [3.8, 4) is 11.6 Å². The molecule has 2 aromatic carbocycles. The third kappa shape index (κ3) is 4.60. The molecule has 1 fully saturated rings. The van der Waals surface area contributed by atoms with Crippen molar-refractivity contribution >= 4 is 5.82 Å². The zero-order valence-corrected chi connectivity index (χ0v) is 15.0. The van der Waals surface area contributed by atoms with Crippen LogP contribution < -0.4 is 9.64 Å². The van der Waals surface area contributed by atoms with Crippen LogP contribution in [0.1, 0.15) is 5.56 Å². The first-order valence-corrected chi connectivity index (χ1v) is 9.03. The number of anilines is 1. The topological polar surface area (TPSA) is 41.5 Å². The molecule has 0 saturated carbocycles. The smallest absolute Gasteiger partial charge is 0.224 e. The molecule has 0 aliphatic carbocycles. The van der Waals surface area contributed by atoms with Crippen LogP contribution in [0.25, 0.3) is 0 Å². The summed E-state index contributed by atoms with van der Waals surface area (Å²) in [6.07, 6.45) is 1.49. The molecule has 1 saturated heterocycles. The summed E-state index contributed by atoms with van der Waals surface area (Å²) in [6, 6.07) is 18.3. The lowest BCUT2D eigenvalue weighted by Crippen LogP contribution is -2.46. The molecular weight excluding hydrogens is 343 g/mol. The molecule has 3 aromatic rings. The Labute approximate surface area is 158 Å². The Morgan fingerprint density at radius 2 is 1.70 bits per heavy atom. The number of halogens is 1. The molecule has 27 heavy (non-hydrogen) atoms. The van der Waals surface area contributed by atoms with Crippen LogP contribution in [0.3, 0.4) is 0 Å². The van der Waals surface area contributed by atoms with Gasteiger partial charge < -0.3 is 9.64 Å². The Kier molecular flexibility index (Phi) is 5.25. The van der Waals surface area contributed by atoms with Gasteiger partial charge in [0.05, 0.1) is 0 Å². The van der Waals surface area contributed by atoms with Gasteiger partial charge in [-0.05, 0) is 17.7 Å². The van der Waals surface area contributed by atoms with E-state index in [1.54, 1.807) is 18.2 Å². The average molecular weight is 364 g/mol. The molecule has 0 atom stereocenters. The van der Waals surface area contributed by atoms with Gasteiger partial charge >= 0.3 is 0 Å². The van der Waals surface area contributed by atoms with E-state index in [0.717, 1.165) is 38.5 Å². The second kappa shape index (κ2) is 8.14. The molecule has 6 heteroatoms. The van der Waals surface area contributed by atoms with Crippen molar-refractivity contribution in [3.63, 3.8) is 0 Å². The van der Waals surface area contributed by atoms with E-state index in [2.05, 4.69) is 44.0 Å². The molecule has 0 radical (unpaired) electrons. The predicted octanol–water partition coefficient (Wildman–Crippen LogP) is 3.73. The number of aromatic nitrogens is 2. The van der Waals surface area contributed by atoms with Crippen LogP contribution in [0.15, 0.2) is 67.0 Å². The highest BCUT2D eigenvalue weighted by molar-refractivity contribution is 5.42. The molecule has 138 valence electrons. The lowest BCUT2D eigenvalue weighted by Gasteiger charge is -2.35. The van der Waals surface area contributed by atoms with Gasteiger partial charge in [0.2, 0.25) is 5.88 Å². The van der Waals surface area contributed by atoms with Crippen LogP contribution in [-0.4, -0.2) is 41.0 Å². The maximum absolute atomic E-state index is 13.3. The molecule has 0 N–H and O–H groups in total. The maximum atomic E-state index is 13.3. The zero-order valence-electron chi connectivity index (χ0n) is 15.0. The molecule has 2 heterocycles. The fourth-order valence-corrected chi connectivity index (χ4v) is 3.19. The minimum atomic E-state index is -0.337. The fourth-order valence-electron chi connectivity index (χ4n) is 3.19. The Balaban J connectivity index is 1.37. The largest absolute Gasteiger partial charge is 0.439 e. The van der Waals surface area contributed by atoms with E-state index >= 15 is 0 Å². The molecule has 0 unspecified atom stereocenters. The number of rotatable bonds is 5. The number of piperazine rings is 1. The van der Waals surface area contributed by atoms with E-state index in [1.807, 2.05) is 6.07 Å². The Hall–Kier alpha value is -2.99. The average Bonchev–Trinajstić information content (AvgIpc) is 2.70. The standard InChI is InChI=1S/C21H21FN4O/c22-18-7-4-8-19(13-18)27-21-14-20(23-16-24-21)26-11-9-25(10-12-26)15-17-5-2-1-3-6-17/h1-8,13-14,16H,9-12,15H2. The van der Waals surface area contributed by atoms with E-state index in [9.17, 15) is 4.39 Å². The Morgan fingerprint density at radius 3 is 2.48 bits per heavy atom. The molecule has 1 aliphatic rings. The highest BCUT2D eigenvalue weighted by atomic mass is 19.1. The summed E-state index contributed by atoms with van der Waals surface area (Å²) in [5, 5.41) is 0. The number of ether oxygens (including phenoxy) is 1. The van der Waals surface area contributed by atoms with E-state index in [-0.39, 0.29) is 5.82 Å². The van der Waals surface area contributed by atoms with Crippen LogP contribution in [0.2, 0.25) is 0 Å². The van der Waals surface area contributed by atoms with Crippen LogP contribution >= 0.6 is 0 Å². The lowest BCUT2D eigenvalue weighted by molar-refractivity contribution is 0.249. The molecule has 0 amide bonds. The second-order valence-electron chi connectivity index (χ2n) is 6.52.